The highest BCUT2D eigenvalue weighted by atomic mass is 33.1. The molecule has 0 saturated heterocycles. The Hall–Kier alpha value is 1.32. The fraction of sp³-hybridized carbons (Fsp3) is 1.00. The van der Waals surface area contributed by atoms with Crippen LogP contribution in [0, 0.1) is 0 Å². The summed E-state index contributed by atoms with van der Waals surface area (Å²) in [6.45, 7) is 5.67. The minimum Gasteiger partial charge on any atom is -0.316 e. The van der Waals surface area contributed by atoms with Crippen LogP contribution < -0.4 is 0 Å². The molecule has 0 aromatic carbocycles. The molecule has 0 amide bonds. The van der Waals surface area contributed by atoms with E-state index >= 15 is 0 Å². The fourth-order valence-corrected chi connectivity index (χ4v) is 4.39. The van der Waals surface area contributed by atoms with Gasteiger partial charge in [-0.3, -0.25) is 0 Å². The van der Waals surface area contributed by atoms with Gasteiger partial charge in [0.15, 0.2) is 0 Å². The Morgan fingerprint density at radius 1 is 0.688 bits per heavy atom. The highest BCUT2D eigenvalue weighted by Gasteiger charge is 1.94. The largest absolute Gasteiger partial charge is 0.316 e. The lowest BCUT2D eigenvalue weighted by atomic mass is 10.6. The minimum absolute atomic E-state index is 0.810. The van der Waals surface area contributed by atoms with Crippen molar-refractivity contribution in [3.05, 3.63) is 0 Å². The molecule has 0 aromatic rings. The van der Waals surface area contributed by atoms with Gasteiger partial charge < -0.3 is 8.37 Å². The molecule has 0 saturated carbocycles. The quantitative estimate of drug-likeness (QED) is 0.281. The van der Waals surface area contributed by atoms with Crippen LogP contribution in [-0.2, 0) is 8.37 Å². The Morgan fingerprint density at radius 2 is 1.12 bits per heavy atom. The third-order valence-electron chi connectivity index (χ3n) is 1.40. The lowest BCUT2D eigenvalue weighted by molar-refractivity contribution is 0.401. The maximum atomic E-state index is 5.20. The second-order valence-electron chi connectivity index (χ2n) is 2.81. The Bertz CT molecular complexity index is 113. The van der Waals surface area contributed by atoms with E-state index in [-0.39, 0.29) is 0 Å². The summed E-state index contributed by atoms with van der Waals surface area (Å²) < 4.78 is 10.4. The zero-order chi connectivity index (χ0) is 11.9. The third kappa shape index (κ3) is 15.3. The molecule has 0 bridgehead atoms. The molecular formula is C10H22O2S4. The van der Waals surface area contributed by atoms with Gasteiger partial charge in [-0.1, -0.05) is 21.6 Å². The molecular weight excluding hydrogens is 280 g/mol. The van der Waals surface area contributed by atoms with Gasteiger partial charge in [0.05, 0.1) is 13.2 Å². The van der Waals surface area contributed by atoms with Crippen LogP contribution in [0.15, 0.2) is 0 Å². The van der Waals surface area contributed by atoms with Crippen LogP contribution in [0.3, 0.4) is 0 Å². The molecule has 98 valence electrons. The molecule has 0 fully saturated rings. The Kier molecular flexibility index (Phi) is 17.7. The summed E-state index contributed by atoms with van der Waals surface area (Å²) in [5.74, 6) is 4.68. The topological polar surface area (TPSA) is 18.5 Å². The lowest BCUT2D eigenvalue weighted by Gasteiger charge is -2.01. The molecule has 0 heterocycles. The van der Waals surface area contributed by atoms with E-state index in [1.807, 2.05) is 35.4 Å². The van der Waals surface area contributed by atoms with E-state index in [1.54, 1.807) is 24.1 Å². The third-order valence-corrected chi connectivity index (χ3v) is 5.69. The molecule has 2 nitrogen and oxygen atoms in total. The predicted octanol–water partition coefficient (Wildman–Crippen LogP) is 4.52. The molecule has 6 heteroatoms. The molecule has 0 aliphatic carbocycles. The van der Waals surface area contributed by atoms with Crippen molar-refractivity contribution in [2.24, 2.45) is 0 Å². The van der Waals surface area contributed by atoms with Crippen molar-refractivity contribution in [3.8, 4) is 0 Å². The van der Waals surface area contributed by atoms with E-state index < -0.39 is 0 Å². The van der Waals surface area contributed by atoms with Gasteiger partial charge in [0.1, 0.15) is 0 Å². The van der Waals surface area contributed by atoms with Crippen LogP contribution in [0.4, 0.5) is 0 Å². The van der Waals surface area contributed by atoms with Crippen molar-refractivity contribution < 1.29 is 8.37 Å². The second kappa shape index (κ2) is 16.3. The Balaban J connectivity index is 2.83. The van der Waals surface area contributed by atoms with E-state index in [2.05, 4.69) is 0 Å². The summed E-state index contributed by atoms with van der Waals surface area (Å²) in [4.78, 5) is 0. The molecule has 0 rings (SSSR count). The maximum absolute atomic E-state index is 5.20. The molecule has 16 heavy (non-hydrogen) atoms. The SMILES string of the molecule is CCOSCCCSSCCCSOCC. The zero-order valence-electron chi connectivity index (χ0n) is 10.1. The summed E-state index contributed by atoms with van der Waals surface area (Å²) in [6, 6.07) is 0. The van der Waals surface area contributed by atoms with Crippen LogP contribution in [-0.4, -0.2) is 36.2 Å². The smallest absolute Gasteiger partial charge is 0.0585 e. The normalized spacial score (nSPS) is 10.9. The highest BCUT2D eigenvalue weighted by Crippen LogP contribution is 2.24. The van der Waals surface area contributed by atoms with Gasteiger partial charge in [0, 0.05) is 23.0 Å². The first-order valence-electron chi connectivity index (χ1n) is 5.65. The van der Waals surface area contributed by atoms with E-state index in [0.717, 1.165) is 24.7 Å². The van der Waals surface area contributed by atoms with E-state index in [4.69, 9.17) is 8.37 Å². The van der Waals surface area contributed by atoms with Crippen molar-refractivity contribution >= 4 is 45.7 Å². The summed E-state index contributed by atoms with van der Waals surface area (Å²) in [6.07, 6.45) is 2.46. The molecule has 0 aliphatic rings. The number of hydrogen-bond donors (Lipinski definition) is 0. The average molecular weight is 303 g/mol. The van der Waals surface area contributed by atoms with Gasteiger partial charge in [0.2, 0.25) is 0 Å². The summed E-state index contributed by atoms with van der Waals surface area (Å²) >= 11 is 3.18. The molecule has 0 spiro atoms. The molecule has 0 radical (unpaired) electrons. The standard InChI is InChI=1S/C10H22O2S4/c1-3-11-13-7-5-9-15-16-10-6-8-14-12-4-2/h3-10H2,1-2H3. The van der Waals surface area contributed by atoms with E-state index in [0.29, 0.717) is 0 Å². The second-order valence-corrected chi connectivity index (χ2v) is 7.27. The van der Waals surface area contributed by atoms with Gasteiger partial charge in [-0.05, 0) is 50.8 Å². The first-order valence-corrected chi connectivity index (χ1v) is 9.96. The first kappa shape index (κ1) is 17.3. The Labute approximate surface area is 117 Å². The van der Waals surface area contributed by atoms with Gasteiger partial charge >= 0.3 is 0 Å². The van der Waals surface area contributed by atoms with Crippen molar-refractivity contribution in [1.29, 1.82) is 0 Å². The number of rotatable bonds is 13. The van der Waals surface area contributed by atoms with Crippen molar-refractivity contribution in [3.63, 3.8) is 0 Å². The van der Waals surface area contributed by atoms with Crippen molar-refractivity contribution in [1.82, 2.24) is 0 Å². The fourth-order valence-electron chi connectivity index (χ4n) is 0.756. The van der Waals surface area contributed by atoms with Crippen LogP contribution in [0.1, 0.15) is 26.7 Å². The maximum Gasteiger partial charge on any atom is 0.0585 e. The molecule has 0 atom stereocenters. The van der Waals surface area contributed by atoms with Crippen LogP contribution >= 0.6 is 45.7 Å². The van der Waals surface area contributed by atoms with Crippen LogP contribution in [0.2, 0.25) is 0 Å². The van der Waals surface area contributed by atoms with Crippen LogP contribution in [0.5, 0.6) is 0 Å². The summed E-state index contributed by atoms with van der Waals surface area (Å²) in [5.41, 5.74) is 0. The summed E-state index contributed by atoms with van der Waals surface area (Å²) in [7, 11) is 3.95. The number of hydrogen-bond acceptors (Lipinski definition) is 6. The van der Waals surface area contributed by atoms with Crippen LogP contribution in [0.25, 0.3) is 0 Å². The monoisotopic (exact) mass is 302 g/mol. The first-order chi connectivity index (χ1) is 7.91. The molecule has 0 aliphatic heterocycles. The molecule has 0 aromatic heterocycles. The predicted molar refractivity (Wildman–Crippen MR) is 82.3 cm³/mol. The Morgan fingerprint density at radius 3 is 1.50 bits per heavy atom. The van der Waals surface area contributed by atoms with Gasteiger partial charge in [0.25, 0.3) is 0 Å². The highest BCUT2D eigenvalue weighted by molar-refractivity contribution is 8.76. The van der Waals surface area contributed by atoms with E-state index in [1.165, 1.54) is 24.3 Å². The van der Waals surface area contributed by atoms with E-state index in [9.17, 15) is 0 Å². The van der Waals surface area contributed by atoms with Gasteiger partial charge in [-0.15, -0.1) is 0 Å². The van der Waals surface area contributed by atoms with Gasteiger partial charge in [-0.2, -0.15) is 0 Å². The molecule has 0 N–H and O–H groups in total. The lowest BCUT2D eigenvalue weighted by Crippen LogP contribution is -1.87. The average Bonchev–Trinajstić information content (AvgIpc) is 2.31. The van der Waals surface area contributed by atoms with Gasteiger partial charge in [-0.25, -0.2) is 0 Å². The summed E-state index contributed by atoms with van der Waals surface area (Å²) in [5, 5.41) is 0. The van der Waals surface area contributed by atoms with Crippen molar-refractivity contribution in [2.75, 3.05) is 36.2 Å². The zero-order valence-corrected chi connectivity index (χ0v) is 13.4. The van der Waals surface area contributed by atoms with Crippen molar-refractivity contribution in [2.45, 2.75) is 26.7 Å². The molecule has 0 unspecified atom stereocenters. The minimum atomic E-state index is 0.810.